The minimum atomic E-state index is -0.627. The van der Waals surface area contributed by atoms with Crippen molar-refractivity contribution in [2.75, 3.05) is 6.67 Å². The van der Waals surface area contributed by atoms with Crippen molar-refractivity contribution in [2.45, 2.75) is 26.2 Å². The first-order valence-corrected chi connectivity index (χ1v) is 4.17. The Hall–Kier alpha value is -0.990. The lowest BCUT2D eigenvalue weighted by Crippen LogP contribution is -2.21. The number of aryl methyl sites for hydroxylation is 1. The zero-order chi connectivity index (χ0) is 10.1. The smallest absolute Gasteiger partial charge is 0.144 e. The maximum absolute atomic E-state index is 12.8. The summed E-state index contributed by atoms with van der Waals surface area (Å²) in [4.78, 5) is 4.00. The van der Waals surface area contributed by atoms with E-state index in [1.54, 1.807) is 20.8 Å². The molecule has 1 aromatic heterocycles. The molecule has 0 aliphatic rings. The third-order valence-corrected chi connectivity index (χ3v) is 2.05. The maximum Gasteiger partial charge on any atom is 0.144 e. The van der Waals surface area contributed by atoms with Crippen LogP contribution in [0.15, 0.2) is 12.1 Å². The van der Waals surface area contributed by atoms with Gasteiger partial charge in [-0.05, 0) is 19.1 Å². The molecule has 0 aromatic carbocycles. The van der Waals surface area contributed by atoms with Crippen LogP contribution in [0, 0.1) is 12.7 Å². The fourth-order valence-electron chi connectivity index (χ4n) is 0.989. The zero-order valence-electron chi connectivity index (χ0n) is 8.06. The highest BCUT2D eigenvalue weighted by atomic mass is 19.1. The average molecular weight is 185 g/mol. The van der Waals surface area contributed by atoms with Crippen LogP contribution in [0.3, 0.4) is 0 Å². The van der Waals surface area contributed by atoms with Crippen molar-refractivity contribution < 1.29 is 8.78 Å². The molecule has 0 bridgehead atoms. The second kappa shape index (κ2) is 3.40. The lowest BCUT2D eigenvalue weighted by atomic mass is 9.90. The predicted molar refractivity (Wildman–Crippen MR) is 47.9 cm³/mol. The van der Waals surface area contributed by atoms with Gasteiger partial charge in [-0.25, -0.2) is 4.39 Å². The lowest BCUT2D eigenvalue weighted by Gasteiger charge is -2.19. The Bertz CT molecular complexity index is 308. The fourth-order valence-corrected chi connectivity index (χ4v) is 0.989. The summed E-state index contributed by atoms with van der Waals surface area (Å²) < 4.78 is 25.4. The highest BCUT2D eigenvalue weighted by Gasteiger charge is 2.22. The van der Waals surface area contributed by atoms with Gasteiger partial charge in [0.05, 0.1) is 5.69 Å². The van der Waals surface area contributed by atoms with Gasteiger partial charge >= 0.3 is 0 Å². The summed E-state index contributed by atoms with van der Waals surface area (Å²) in [6.45, 7) is 4.57. The van der Waals surface area contributed by atoms with E-state index in [9.17, 15) is 8.78 Å². The zero-order valence-corrected chi connectivity index (χ0v) is 8.06. The summed E-state index contributed by atoms with van der Waals surface area (Å²) in [6, 6.07) is 2.86. The number of hydrogen-bond acceptors (Lipinski definition) is 1. The van der Waals surface area contributed by atoms with E-state index in [0.29, 0.717) is 11.4 Å². The van der Waals surface area contributed by atoms with Crippen molar-refractivity contribution in [1.82, 2.24) is 4.98 Å². The van der Waals surface area contributed by atoms with Gasteiger partial charge in [-0.1, -0.05) is 13.8 Å². The van der Waals surface area contributed by atoms with E-state index in [2.05, 4.69) is 4.98 Å². The molecule has 13 heavy (non-hydrogen) atoms. The van der Waals surface area contributed by atoms with Gasteiger partial charge in [-0.2, -0.15) is 0 Å². The number of halogens is 2. The molecule has 1 aromatic rings. The van der Waals surface area contributed by atoms with E-state index in [4.69, 9.17) is 0 Å². The van der Waals surface area contributed by atoms with Gasteiger partial charge in [0, 0.05) is 11.1 Å². The Kier molecular flexibility index (Phi) is 2.64. The van der Waals surface area contributed by atoms with E-state index in [0.717, 1.165) is 0 Å². The molecule has 1 heterocycles. The molecule has 1 nitrogen and oxygen atoms in total. The Labute approximate surface area is 76.8 Å². The first-order valence-electron chi connectivity index (χ1n) is 4.17. The number of aromatic nitrogens is 1. The molecule has 0 aliphatic heterocycles. The topological polar surface area (TPSA) is 12.9 Å². The number of rotatable bonds is 2. The van der Waals surface area contributed by atoms with Crippen LogP contribution in [0.5, 0.6) is 0 Å². The van der Waals surface area contributed by atoms with Gasteiger partial charge in [0.1, 0.15) is 12.5 Å². The van der Waals surface area contributed by atoms with Crippen molar-refractivity contribution in [3.8, 4) is 0 Å². The Morgan fingerprint density at radius 1 is 1.38 bits per heavy atom. The van der Waals surface area contributed by atoms with Crippen molar-refractivity contribution in [3.05, 3.63) is 29.3 Å². The van der Waals surface area contributed by atoms with Gasteiger partial charge in [-0.15, -0.1) is 0 Å². The van der Waals surface area contributed by atoms with Crippen LogP contribution in [0.1, 0.15) is 25.2 Å². The molecule has 3 heteroatoms. The SMILES string of the molecule is Cc1nc(C(C)(C)CF)ccc1F. The normalized spacial score (nSPS) is 11.8. The van der Waals surface area contributed by atoms with Gasteiger partial charge in [0.2, 0.25) is 0 Å². The average Bonchev–Trinajstić information content (AvgIpc) is 2.09. The molecule has 0 aliphatic carbocycles. The van der Waals surface area contributed by atoms with Crippen LogP contribution >= 0.6 is 0 Å². The Morgan fingerprint density at radius 3 is 2.46 bits per heavy atom. The Balaban J connectivity index is 3.10. The maximum atomic E-state index is 12.8. The highest BCUT2D eigenvalue weighted by molar-refractivity contribution is 5.19. The molecular formula is C10H13F2N. The molecule has 1 rings (SSSR count). The summed E-state index contributed by atoms with van der Waals surface area (Å²) in [5.74, 6) is -0.349. The van der Waals surface area contributed by atoms with Crippen LogP contribution < -0.4 is 0 Å². The van der Waals surface area contributed by atoms with Crippen LogP contribution in [0.4, 0.5) is 8.78 Å². The molecule has 0 fully saturated rings. The standard InChI is InChI=1S/C10H13F2N/c1-7-8(12)4-5-9(13-7)10(2,3)6-11/h4-5H,6H2,1-3H3. The molecule has 0 amide bonds. The minimum absolute atomic E-state index is 0.319. The number of pyridine rings is 1. The van der Waals surface area contributed by atoms with Gasteiger partial charge in [0.15, 0.2) is 0 Å². The summed E-state index contributed by atoms with van der Waals surface area (Å²) in [6.07, 6.45) is 0. The third-order valence-electron chi connectivity index (χ3n) is 2.05. The quantitative estimate of drug-likeness (QED) is 0.690. The molecule has 0 spiro atoms. The number of alkyl halides is 1. The minimum Gasteiger partial charge on any atom is -0.254 e. The molecular weight excluding hydrogens is 172 g/mol. The van der Waals surface area contributed by atoms with Crippen molar-refractivity contribution in [3.63, 3.8) is 0 Å². The lowest BCUT2D eigenvalue weighted by molar-refractivity contribution is 0.343. The summed E-state index contributed by atoms with van der Waals surface area (Å²) in [5.41, 5.74) is 0.284. The van der Waals surface area contributed by atoms with Crippen molar-refractivity contribution in [1.29, 1.82) is 0 Å². The molecule has 0 N–H and O–H groups in total. The molecule has 0 atom stereocenters. The third kappa shape index (κ3) is 2.02. The second-order valence-electron chi connectivity index (χ2n) is 3.78. The van der Waals surface area contributed by atoms with Crippen LogP contribution in [-0.4, -0.2) is 11.7 Å². The largest absolute Gasteiger partial charge is 0.254 e. The Morgan fingerprint density at radius 2 is 2.00 bits per heavy atom. The summed E-state index contributed by atoms with van der Waals surface area (Å²) >= 11 is 0. The van der Waals surface area contributed by atoms with E-state index in [-0.39, 0.29) is 5.82 Å². The predicted octanol–water partition coefficient (Wildman–Crippen LogP) is 2.78. The molecule has 0 radical (unpaired) electrons. The van der Waals surface area contributed by atoms with Gasteiger partial charge in [-0.3, -0.25) is 9.37 Å². The number of nitrogens with zero attached hydrogens (tertiary/aromatic N) is 1. The van der Waals surface area contributed by atoms with Crippen LogP contribution in [0.2, 0.25) is 0 Å². The fraction of sp³-hybridized carbons (Fsp3) is 0.500. The molecule has 0 saturated heterocycles. The molecule has 0 saturated carbocycles. The van der Waals surface area contributed by atoms with E-state index < -0.39 is 12.1 Å². The summed E-state index contributed by atoms with van der Waals surface area (Å²) in [5, 5.41) is 0. The molecule has 72 valence electrons. The molecule has 0 unspecified atom stereocenters. The highest BCUT2D eigenvalue weighted by Crippen LogP contribution is 2.22. The van der Waals surface area contributed by atoms with Crippen molar-refractivity contribution >= 4 is 0 Å². The first kappa shape index (κ1) is 10.1. The van der Waals surface area contributed by atoms with Gasteiger partial charge < -0.3 is 0 Å². The van der Waals surface area contributed by atoms with Gasteiger partial charge in [0.25, 0.3) is 0 Å². The first-order chi connectivity index (χ1) is 5.97. The van der Waals surface area contributed by atoms with E-state index in [1.807, 2.05) is 0 Å². The van der Waals surface area contributed by atoms with E-state index in [1.165, 1.54) is 12.1 Å². The van der Waals surface area contributed by atoms with Crippen molar-refractivity contribution in [2.24, 2.45) is 0 Å². The summed E-state index contributed by atoms with van der Waals surface area (Å²) in [7, 11) is 0. The monoisotopic (exact) mass is 185 g/mol. The van der Waals surface area contributed by atoms with Crippen LogP contribution in [0.25, 0.3) is 0 Å². The van der Waals surface area contributed by atoms with E-state index >= 15 is 0 Å². The van der Waals surface area contributed by atoms with Crippen LogP contribution in [-0.2, 0) is 5.41 Å². The second-order valence-corrected chi connectivity index (χ2v) is 3.78. The number of hydrogen-bond donors (Lipinski definition) is 0.